The van der Waals surface area contributed by atoms with Crippen molar-refractivity contribution in [2.45, 2.75) is 13.8 Å². The monoisotopic (exact) mass is 126 g/mol. The second-order valence-electron chi connectivity index (χ2n) is 2.00. The first-order chi connectivity index (χ1) is 4.22. The molecular formula is C7H14N2. The van der Waals surface area contributed by atoms with Crippen molar-refractivity contribution in [3.8, 4) is 0 Å². The predicted octanol–water partition coefficient (Wildman–Crippen LogP) is 1.40. The molecular weight excluding hydrogens is 112 g/mol. The first-order valence-corrected chi connectivity index (χ1v) is 3.05. The van der Waals surface area contributed by atoms with E-state index in [0.29, 0.717) is 5.92 Å². The van der Waals surface area contributed by atoms with Crippen LogP contribution in [-0.2, 0) is 0 Å². The lowest BCUT2D eigenvalue weighted by atomic mass is 10.1. The lowest BCUT2D eigenvalue weighted by Crippen LogP contribution is -2.08. The lowest BCUT2D eigenvalue weighted by molar-refractivity contribution is 0.863. The molecule has 0 fully saturated rings. The number of nitrogens with one attached hydrogen (secondary N) is 1. The molecule has 0 aliphatic carbocycles. The Kier molecular flexibility index (Phi) is 3.76. The average Bonchev–Trinajstić information content (AvgIpc) is 1.87. The summed E-state index contributed by atoms with van der Waals surface area (Å²) in [5.74, 6) is 0.373. The second kappa shape index (κ2) is 4.13. The van der Waals surface area contributed by atoms with Crippen LogP contribution in [0.2, 0.25) is 0 Å². The van der Waals surface area contributed by atoms with E-state index in [9.17, 15) is 0 Å². The van der Waals surface area contributed by atoms with Crippen molar-refractivity contribution in [3.63, 3.8) is 0 Å². The van der Waals surface area contributed by atoms with Gasteiger partial charge in [0, 0.05) is 18.7 Å². The maximum Gasteiger partial charge on any atom is 0.0412 e. The van der Waals surface area contributed by atoms with Gasteiger partial charge < -0.3 is 5.43 Å². The quantitative estimate of drug-likeness (QED) is 0.345. The summed E-state index contributed by atoms with van der Waals surface area (Å²) >= 11 is 0. The number of hydrazone groups is 1. The molecule has 9 heavy (non-hydrogen) atoms. The van der Waals surface area contributed by atoms with E-state index in [1.54, 1.807) is 7.05 Å². The van der Waals surface area contributed by atoms with Gasteiger partial charge in [0.2, 0.25) is 0 Å². The zero-order valence-electron chi connectivity index (χ0n) is 6.31. The SMILES string of the molecule is C=CC(C)/C(C)=N\NC. The Labute approximate surface area is 56.7 Å². The van der Waals surface area contributed by atoms with Crippen LogP contribution in [0.25, 0.3) is 0 Å². The smallest absolute Gasteiger partial charge is 0.0412 e. The molecule has 0 aliphatic rings. The van der Waals surface area contributed by atoms with Gasteiger partial charge in [-0.25, -0.2) is 0 Å². The van der Waals surface area contributed by atoms with Crippen molar-refractivity contribution in [1.29, 1.82) is 0 Å². The number of hydrogen-bond acceptors (Lipinski definition) is 2. The van der Waals surface area contributed by atoms with Crippen LogP contribution in [-0.4, -0.2) is 12.8 Å². The fraction of sp³-hybridized carbons (Fsp3) is 0.571. The predicted molar refractivity (Wildman–Crippen MR) is 41.5 cm³/mol. The van der Waals surface area contributed by atoms with Crippen LogP contribution >= 0.6 is 0 Å². The van der Waals surface area contributed by atoms with Gasteiger partial charge in [-0.1, -0.05) is 13.0 Å². The van der Waals surface area contributed by atoms with E-state index >= 15 is 0 Å². The van der Waals surface area contributed by atoms with Crippen molar-refractivity contribution in [2.24, 2.45) is 11.0 Å². The molecule has 0 spiro atoms. The number of rotatable bonds is 3. The molecule has 2 heteroatoms. The average molecular weight is 126 g/mol. The first kappa shape index (κ1) is 8.21. The van der Waals surface area contributed by atoms with Crippen LogP contribution in [0.4, 0.5) is 0 Å². The third-order valence-electron chi connectivity index (χ3n) is 1.30. The molecule has 0 saturated carbocycles. The fourth-order valence-electron chi connectivity index (χ4n) is 0.449. The van der Waals surface area contributed by atoms with Gasteiger partial charge in [-0.05, 0) is 6.92 Å². The lowest BCUT2D eigenvalue weighted by Gasteiger charge is -2.02. The molecule has 0 radical (unpaired) electrons. The molecule has 0 bridgehead atoms. The molecule has 2 nitrogen and oxygen atoms in total. The van der Waals surface area contributed by atoms with Crippen LogP contribution in [0.5, 0.6) is 0 Å². The maximum atomic E-state index is 3.99. The zero-order chi connectivity index (χ0) is 7.28. The van der Waals surface area contributed by atoms with E-state index in [1.807, 2.05) is 13.0 Å². The van der Waals surface area contributed by atoms with Crippen LogP contribution in [0.15, 0.2) is 17.8 Å². The fourth-order valence-corrected chi connectivity index (χ4v) is 0.449. The Morgan fingerprint density at radius 1 is 1.78 bits per heavy atom. The number of nitrogens with zero attached hydrogens (tertiary/aromatic N) is 1. The molecule has 1 N–H and O–H groups in total. The van der Waals surface area contributed by atoms with Gasteiger partial charge in [0.1, 0.15) is 0 Å². The molecule has 0 amide bonds. The highest BCUT2D eigenvalue weighted by Gasteiger charge is 1.97. The third kappa shape index (κ3) is 2.90. The van der Waals surface area contributed by atoms with Gasteiger partial charge in [0.25, 0.3) is 0 Å². The molecule has 0 heterocycles. The summed E-state index contributed by atoms with van der Waals surface area (Å²) in [4.78, 5) is 0. The summed E-state index contributed by atoms with van der Waals surface area (Å²) in [6.07, 6.45) is 1.87. The molecule has 0 aromatic carbocycles. The van der Waals surface area contributed by atoms with E-state index in [-0.39, 0.29) is 0 Å². The highest BCUT2D eigenvalue weighted by Crippen LogP contribution is 1.97. The van der Waals surface area contributed by atoms with E-state index < -0.39 is 0 Å². The second-order valence-corrected chi connectivity index (χ2v) is 2.00. The van der Waals surface area contributed by atoms with Crippen molar-refractivity contribution in [3.05, 3.63) is 12.7 Å². The summed E-state index contributed by atoms with van der Waals surface area (Å²) < 4.78 is 0. The summed E-state index contributed by atoms with van der Waals surface area (Å²) in [5, 5.41) is 3.99. The van der Waals surface area contributed by atoms with Crippen molar-refractivity contribution in [2.75, 3.05) is 7.05 Å². The molecule has 0 aliphatic heterocycles. The first-order valence-electron chi connectivity index (χ1n) is 3.05. The van der Waals surface area contributed by atoms with E-state index in [2.05, 4.69) is 24.0 Å². The summed E-state index contributed by atoms with van der Waals surface area (Å²) in [7, 11) is 1.79. The van der Waals surface area contributed by atoms with Crippen molar-refractivity contribution in [1.82, 2.24) is 5.43 Å². The molecule has 52 valence electrons. The van der Waals surface area contributed by atoms with E-state index in [0.717, 1.165) is 5.71 Å². The molecule has 0 saturated heterocycles. The number of allylic oxidation sites excluding steroid dienone is 1. The van der Waals surface area contributed by atoms with Crippen LogP contribution in [0.3, 0.4) is 0 Å². The van der Waals surface area contributed by atoms with Crippen LogP contribution in [0, 0.1) is 5.92 Å². The zero-order valence-corrected chi connectivity index (χ0v) is 6.31. The molecule has 1 unspecified atom stereocenters. The van der Waals surface area contributed by atoms with Gasteiger partial charge in [0.05, 0.1) is 0 Å². The van der Waals surface area contributed by atoms with Gasteiger partial charge >= 0.3 is 0 Å². The normalized spacial score (nSPS) is 14.8. The van der Waals surface area contributed by atoms with Crippen LogP contribution < -0.4 is 5.43 Å². The summed E-state index contributed by atoms with van der Waals surface area (Å²) in [6, 6.07) is 0. The topological polar surface area (TPSA) is 24.4 Å². The van der Waals surface area contributed by atoms with Gasteiger partial charge in [-0.15, -0.1) is 6.58 Å². The van der Waals surface area contributed by atoms with E-state index in [4.69, 9.17) is 0 Å². The molecule has 0 aromatic rings. The highest BCUT2D eigenvalue weighted by molar-refractivity contribution is 5.85. The Hall–Kier alpha value is -0.790. The highest BCUT2D eigenvalue weighted by atomic mass is 15.3. The summed E-state index contributed by atoms with van der Waals surface area (Å²) in [6.45, 7) is 7.69. The third-order valence-corrected chi connectivity index (χ3v) is 1.30. The van der Waals surface area contributed by atoms with E-state index in [1.165, 1.54) is 0 Å². The van der Waals surface area contributed by atoms with Gasteiger partial charge in [-0.3, -0.25) is 0 Å². The van der Waals surface area contributed by atoms with Gasteiger partial charge in [-0.2, -0.15) is 5.10 Å². The standard InChI is InChI=1S/C7H14N2/c1-5-6(2)7(3)9-8-4/h5-6,8H,1H2,2-4H3/b9-7-. The minimum absolute atomic E-state index is 0.373. The Bertz CT molecular complexity index is 116. The minimum Gasteiger partial charge on any atom is -0.313 e. The largest absolute Gasteiger partial charge is 0.313 e. The Balaban J connectivity index is 3.84. The van der Waals surface area contributed by atoms with Crippen molar-refractivity contribution < 1.29 is 0 Å². The summed E-state index contributed by atoms with van der Waals surface area (Å²) in [5.41, 5.74) is 3.79. The van der Waals surface area contributed by atoms with Gasteiger partial charge in [0.15, 0.2) is 0 Å². The number of hydrogen-bond donors (Lipinski definition) is 1. The Morgan fingerprint density at radius 2 is 2.33 bits per heavy atom. The minimum atomic E-state index is 0.373. The Morgan fingerprint density at radius 3 is 2.67 bits per heavy atom. The maximum absolute atomic E-state index is 3.99. The molecule has 0 rings (SSSR count). The molecule has 0 aromatic heterocycles. The van der Waals surface area contributed by atoms with Crippen molar-refractivity contribution >= 4 is 5.71 Å². The van der Waals surface area contributed by atoms with Crippen LogP contribution in [0.1, 0.15) is 13.8 Å². The molecule has 1 atom stereocenters.